The topological polar surface area (TPSA) is 47.6 Å². The third kappa shape index (κ3) is 4.21. The highest BCUT2D eigenvalue weighted by Crippen LogP contribution is 2.38. The highest BCUT2D eigenvalue weighted by atomic mass is 79.9. The van der Waals surface area contributed by atoms with E-state index in [-0.39, 0.29) is 20.4 Å². The molecule has 0 spiro atoms. The molecular weight excluding hydrogens is 385 g/mol. The summed E-state index contributed by atoms with van der Waals surface area (Å²) in [4.78, 5) is 11.6. The van der Waals surface area contributed by atoms with Gasteiger partial charge in [-0.25, -0.2) is 4.39 Å². The van der Waals surface area contributed by atoms with Crippen molar-refractivity contribution >= 4 is 43.5 Å². The number of amides is 1. The van der Waals surface area contributed by atoms with Crippen LogP contribution in [0.3, 0.4) is 0 Å². The smallest absolute Gasteiger partial charge is 0.251 e. The monoisotopic (exact) mass is 395 g/mol. The third-order valence-corrected chi connectivity index (χ3v) is 3.59. The zero-order chi connectivity index (χ0) is 14.4. The van der Waals surface area contributed by atoms with Gasteiger partial charge >= 0.3 is 0 Å². The summed E-state index contributed by atoms with van der Waals surface area (Å²) in [5, 5.41) is 2.52. The van der Waals surface area contributed by atoms with Crippen LogP contribution in [0.5, 0.6) is 5.75 Å². The average Bonchev–Trinajstić information content (AvgIpc) is 2.39. The molecule has 1 N–H and O–H groups in total. The molecule has 0 saturated heterocycles. The van der Waals surface area contributed by atoms with Crippen molar-refractivity contribution in [3.63, 3.8) is 0 Å². The van der Waals surface area contributed by atoms with Gasteiger partial charge in [-0.2, -0.15) is 0 Å². The Bertz CT molecular complexity index is 506. The molecule has 0 aliphatic rings. The first kappa shape index (κ1) is 16.0. The minimum atomic E-state index is -0.552. The Morgan fingerprint density at radius 2 is 2.16 bits per heavy atom. The third-order valence-electron chi connectivity index (χ3n) is 2.07. The Labute approximate surface area is 127 Å². The van der Waals surface area contributed by atoms with E-state index < -0.39 is 11.7 Å². The maximum Gasteiger partial charge on any atom is 0.251 e. The Morgan fingerprint density at radius 3 is 2.74 bits per heavy atom. The standard InChI is InChI=1S/C12H12Br2FNO3/c1-3-19-5-4-9(17)16-7-6-8(18-2)11(14)12(15)10(7)13/h4-6H,3H2,1-2H3,(H,16,17)/b5-4+. The van der Waals surface area contributed by atoms with Crippen LogP contribution < -0.4 is 10.1 Å². The van der Waals surface area contributed by atoms with Crippen molar-refractivity contribution < 1.29 is 18.7 Å². The number of benzene rings is 1. The SMILES string of the molecule is CCO/C=C/C(=O)Nc1cc(OC)c(Br)c(F)c1Br. The van der Waals surface area contributed by atoms with Crippen LogP contribution in [-0.4, -0.2) is 19.6 Å². The van der Waals surface area contributed by atoms with Crippen LogP contribution in [0.25, 0.3) is 0 Å². The molecule has 19 heavy (non-hydrogen) atoms. The number of hydrogen-bond acceptors (Lipinski definition) is 3. The molecule has 0 bridgehead atoms. The average molecular weight is 397 g/mol. The van der Waals surface area contributed by atoms with Gasteiger partial charge in [0, 0.05) is 12.1 Å². The highest BCUT2D eigenvalue weighted by Gasteiger charge is 2.16. The zero-order valence-electron chi connectivity index (χ0n) is 10.3. The van der Waals surface area contributed by atoms with Gasteiger partial charge in [-0.3, -0.25) is 4.79 Å². The lowest BCUT2D eigenvalue weighted by atomic mass is 10.3. The lowest BCUT2D eigenvalue weighted by Gasteiger charge is -2.11. The van der Waals surface area contributed by atoms with Crippen molar-refractivity contribution in [1.82, 2.24) is 0 Å². The molecule has 0 aromatic heterocycles. The summed E-state index contributed by atoms with van der Waals surface area (Å²) in [7, 11) is 1.41. The summed E-state index contributed by atoms with van der Waals surface area (Å²) in [6.07, 6.45) is 2.48. The normalized spacial score (nSPS) is 10.6. The number of rotatable bonds is 5. The number of carbonyl (C=O) groups excluding carboxylic acids is 1. The van der Waals surface area contributed by atoms with Crippen LogP contribution in [0.2, 0.25) is 0 Å². The van der Waals surface area contributed by atoms with Gasteiger partial charge in [0.25, 0.3) is 5.91 Å². The second-order valence-electron chi connectivity index (χ2n) is 3.32. The van der Waals surface area contributed by atoms with Crippen LogP contribution in [0, 0.1) is 5.82 Å². The lowest BCUT2D eigenvalue weighted by Crippen LogP contribution is -2.09. The molecule has 104 valence electrons. The molecular formula is C12H12Br2FNO3. The molecule has 4 nitrogen and oxygen atoms in total. The number of halogens is 3. The maximum absolute atomic E-state index is 13.8. The molecule has 1 aromatic rings. The lowest BCUT2D eigenvalue weighted by molar-refractivity contribution is -0.112. The van der Waals surface area contributed by atoms with Crippen molar-refractivity contribution in [1.29, 1.82) is 0 Å². The first-order chi connectivity index (χ1) is 9.01. The summed E-state index contributed by atoms with van der Waals surface area (Å²) in [6.45, 7) is 2.27. The number of methoxy groups -OCH3 is 1. The fourth-order valence-corrected chi connectivity index (χ4v) is 2.35. The van der Waals surface area contributed by atoms with Crippen molar-refractivity contribution in [2.75, 3.05) is 19.0 Å². The zero-order valence-corrected chi connectivity index (χ0v) is 13.5. The highest BCUT2D eigenvalue weighted by molar-refractivity contribution is 9.11. The summed E-state index contributed by atoms with van der Waals surface area (Å²) in [5.74, 6) is -0.703. The first-order valence-electron chi connectivity index (χ1n) is 5.31. The molecule has 0 fully saturated rings. The Hall–Kier alpha value is -1.08. The second kappa shape index (κ2) is 7.49. The number of nitrogens with one attached hydrogen (secondary N) is 1. The maximum atomic E-state index is 13.8. The van der Waals surface area contributed by atoms with Gasteiger partial charge in [0.05, 0.1) is 34.6 Å². The predicted octanol–water partition coefficient (Wildman–Crippen LogP) is 3.85. The molecule has 7 heteroatoms. The van der Waals surface area contributed by atoms with Gasteiger partial charge in [0.1, 0.15) is 5.75 Å². The first-order valence-corrected chi connectivity index (χ1v) is 6.90. The molecule has 1 rings (SSSR count). The van der Waals surface area contributed by atoms with E-state index in [0.29, 0.717) is 6.61 Å². The molecule has 0 saturated carbocycles. The van der Waals surface area contributed by atoms with Gasteiger partial charge in [0.2, 0.25) is 0 Å². The van der Waals surface area contributed by atoms with E-state index in [1.54, 1.807) is 6.92 Å². The quantitative estimate of drug-likeness (QED) is 0.467. The molecule has 1 aromatic carbocycles. The number of anilines is 1. The Morgan fingerprint density at radius 1 is 1.47 bits per heavy atom. The fraction of sp³-hybridized carbons (Fsp3) is 0.250. The van der Waals surface area contributed by atoms with E-state index in [9.17, 15) is 9.18 Å². The van der Waals surface area contributed by atoms with Crippen molar-refractivity contribution in [2.45, 2.75) is 6.92 Å². The Kier molecular flexibility index (Phi) is 6.30. The molecule has 0 radical (unpaired) electrons. The van der Waals surface area contributed by atoms with Gasteiger partial charge < -0.3 is 14.8 Å². The summed E-state index contributed by atoms with van der Waals surface area (Å²) >= 11 is 6.14. The van der Waals surface area contributed by atoms with Gasteiger partial charge in [0.15, 0.2) is 5.82 Å². The van der Waals surface area contributed by atoms with Crippen LogP contribution in [-0.2, 0) is 9.53 Å². The molecule has 0 aliphatic heterocycles. The van der Waals surface area contributed by atoms with Crippen LogP contribution in [0.1, 0.15) is 6.92 Å². The minimum Gasteiger partial charge on any atom is -0.501 e. The van der Waals surface area contributed by atoms with Crippen LogP contribution in [0.15, 0.2) is 27.3 Å². The van der Waals surface area contributed by atoms with E-state index >= 15 is 0 Å². The fourth-order valence-electron chi connectivity index (χ4n) is 1.20. The van der Waals surface area contributed by atoms with Crippen molar-refractivity contribution in [3.8, 4) is 5.75 Å². The summed E-state index contributed by atoms with van der Waals surface area (Å²) in [5.41, 5.74) is 0.267. The van der Waals surface area contributed by atoms with Crippen LogP contribution in [0.4, 0.5) is 10.1 Å². The molecule has 0 heterocycles. The number of hydrogen-bond donors (Lipinski definition) is 1. The van der Waals surface area contributed by atoms with E-state index in [1.165, 1.54) is 25.5 Å². The van der Waals surface area contributed by atoms with Crippen molar-refractivity contribution in [2.24, 2.45) is 0 Å². The number of ether oxygens (including phenoxy) is 2. The Balaban J connectivity index is 2.95. The second-order valence-corrected chi connectivity index (χ2v) is 4.90. The summed E-state index contributed by atoms with van der Waals surface area (Å²) in [6, 6.07) is 1.50. The molecule has 0 unspecified atom stereocenters. The van der Waals surface area contributed by atoms with E-state index in [4.69, 9.17) is 9.47 Å². The molecule has 1 amide bonds. The van der Waals surface area contributed by atoms with E-state index in [2.05, 4.69) is 37.2 Å². The van der Waals surface area contributed by atoms with Gasteiger partial charge in [-0.15, -0.1) is 0 Å². The summed E-state index contributed by atoms with van der Waals surface area (Å²) < 4.78 is 24.1. The number of carbonyl (C=O) groups is 1. The molecule has 0 aliphatic carbocycles. The molecule has 0 atom stereocenters. The van der Waals surface area contributed by atoms with Crippen LogP contribution >= 0.6 is 31.9 Å². The largest absolute Gasteiger partial charge is 0.501 e. The van der Waals surface area contributed by atoms with Gasteiger partial charge in [-0.05, 0) is 38.8 Å². The van der Waals surface area contributed by atoms with E-state index in [1.807, 2.05) is 0 Å². The van der Waals surface area contributed by atoms with E-state index in [0.717, 1.165) is 0 Å². The van der Waals surface area contributed by atoms with Gasteiger partial charge in [-0.1, -0.05) is 0 Å². The van der Waals surface area contributed by atoms with Crippen molar-refractivity contribution in [3.05, 3.63) is 33.2 Å². The predicted molar refractivity (Wildman–Crippen MR) is 77.7 cm³/mol. The minimum absolute atomic E-state index is 0.137.